The summed E-state index contributed by atoms with van der Waals surface area (Å²) >= 11 is 0. The average molecular weight is 563 g/mol. The second-order valence-electron chi connectivity index (χ2n) is 12.6. The number of rotatable bonds is 5. The van der Waals surface area contributed by atoms with Crippen molar-refractivity contribution in [1.29, 1.82) is 0 Å². The van der Waals surface area contributed by atoms with E-state index in [9.17, 15) is 18.8 Å². The fraction of sp³-hybridized carbons (Fsp3) is 0.469. The van der Waals surface area contributed by atoms with Crippen LogP contribution in [0.5, 0.6) is 0 Å². The maximum atomic E-state index is 14.0. The number of nitrogens with zero attached hydrogens (tertiary/aromatic N) is 2. The van der Waals surface area contributed by atoms with E-state index >= 15 is 0 Å². The zero-order valence-corrected chi connectivity index (χ0v) is 24.4. The van der Waals surface area contributed by atoms with Gasteiger partial charge in [0.25, 0.3) is 0 Å². The quantitative estimate of drug-likeness (QED) is 0.464. The monoisotopic (exact) mass is 562 g/mol. The molecule has 0 bridgehead atoms. The lowest BCUT2D eigenvalue weighted by atomic mass is 9.73. The summed E-state index contributed by atoms with van der Waals surface area (Å²) in [4.78, 5) is 46.3. The molecule has 2 N–H and O–H groups in total. The molecule has 9 heteroatoms. The fourth-order valence-corrected chi connectivity index (χ4v) is 6.47. The number of H-pyrrole nitrogens is 1. The summed E-state index contributed by atoms with van der Waals surface area (Å²) in [5.74, 6) is -0.616. The highest BCUT2D eigenvalue weighted by Gasteiger charge is 2.48. The maximum absolute atomic E-state index is 14.0. The normalized spacial score (nSPS) is 18.7. The Hall–Kier alpha value is -3.88. The summed E-state index contributed by atoms with van der Waals surface area (Å²) in [6.07, 6.45) is 3.52. The topological polar surface area (TPSA) is 94.7 Å². The molecule has 41 heavy (non-hydrogen) atoms. The van der Waals surface area contributed by atoms with Crippen LogP contribution >= 0.6 is 0 Å². The Morgan fingerprint density at radius 2 is 1.85 bits per heavy atom. The van der Waals surface area contributed by atoms with Crippen molar-refractivity contribution in [2.24, 2.45) is 0 Å². The number of hydrogen-bond donors (Lipinski definition) is 2. The molecule has 1 fully saturated rings. The molecule has 1 saturated heterocycles. The smallest absolute Gasteiger partial charge is 0.408 e. The largest absolute Gasteiger partial charge is 0.444 e. The van der Waals surface area contributed by atoms with E-state index in [2.05, 4.69) is 22.4 Å². The first-order valence-electron chi connectivity index (χ1n) is 14.2. The number of likely N-dealkylation sites (N-methyl/N-ethyl adjacent to an activating group) is 1. The second-order valence-corrected chi connectivity index (χ2v) is 12.6. The minimum Gasteiger partial charge on any atom is -0.444 e. The molecule has 2 heterocycles. The van der Waals surface area contributed by atoms with Gasteiger partial charge in [-0.15, -0.1) is 0 Å². The molecule has 1 spiro atoms. The third-order valence-electron chi connectivity index (χ3n) is 8.42. The Balaban J connectivity index is 1.36. The molecule has 2 aromatic carbocycles. The summed E-state index contributed by atoms with van der Waals surface area (Å²) in [5.41, 5.74) is 2.85. The van der Waals surface area contributed by atoms with Gasteiger partial charge in [-0.3, -0.25) is 9.59 Å². The molecule has 1 aromatic heterocycles. The van der Waals surface area contributed by atoms with Gasteiger partial charge in [-0.05, 0) is 74.9 Å². The fourth-order valence-electron chi connectivity index (χ4n) is 6.47. The number of ether oxygens (including phenoxy) is 1. The molecule has 3 aromatic rings. The van der Waals surface area contributed by atoms with Crippen molar-refractivity contribution in [3.8, 4) is 0 Å². The van der Waals surface area contributed by atoms with Crippen LogP contribution < -0.4 is 5.32 Å². The van der Waals surface area contributed by atoms with Crippen LogP contribution in [0.1, 0.15) is 62.6 Å². The molecular formula is C32H39FN4O4. The van der Waals surface area contributed by atoms with Gasteiger partial charge in [0.05, 0.1) is 5.92 Å². The molecular weight excluding hydrogens is 523 g/mol. The van der Waals surface area contributed by atoms with Gasteiger partial charge in [0.15, 0.2) is 0 Å². The van der Waals surface area contributed by atoms with Gasteiger partial charge in [0.2, 0.25) is 11.8 Å². The predicted octanol–water partition coefficient (Wildman–Crippen LogP) is 4.88. The number of carbonyl (C=O) groups is 3. The van der Waals surface area contributed by atoms with Crippen molar-refractivity contribution >= 4 is 28.8 Å². The van der Waals surface area contributed by atoms with E-state index in [1.54, 1.807) is 52.0 Å². The Bertz CT molecular complexity index is 1470. The Morgan fingerprint density at radius 3 is 2.54 bits per heavy atom. The minimum absolute atomic E-state index is 0.105. The zero-order valence-electron chi connectivity index (χ0n) is 24.4. The van der Waals surface area contributed by atoms with E-state index in [0.29, 0.717) is 18.6 Å². The molecule has 0 saturated carbocycles. The lowest BCUT2D eigenvalue weighted by Gasteiger charge is -2.41. The van der Waals surface area contributed by atoms with E-state index < -0.39 is 17.7 Å². The number of piperidine rings is 1. The number of fused-ring (bicyclic) bond motifs is 3. The summed E-state index contributed by atoms with van der Waals surface area (Å²) in [6, 6.07) is 11.8. The molecule has 2 aliphatic rings. The van der Waals surface area contributed by atoms with Gasteiger partial charge < -0.3 is 24.8 Å². The van der Waals surface area contributed by atoms with Crippen molar-refractivity contribution in [3.05, 3.63) is 71.2 Å². The standard InChI is InChI=1S/C32H39FN4O4/c1-31(2,3)41-30(40)35-27(16-20-19-34-26-17-21(33)10-11-22(20)26)29(39)37-14-12-32(13-15-37)18-24(28(38)36(4)5)23-8-6-7-9-25(23)32/h6-11,17,19,24,27,34H,12-16,18H2,1-5H3,(H,35,40). The number of aromatic nitrogens is 1. The number of aromatic amines is 1. The van der Waals surface area contributed by atoms with Crippen molar-refractivity contribution in [3.63, 3.8) is 0 Å². The molecule has 5 rings (SSSR count). The lowest BCUT2D eigenvalue weighted by Crippen LogP contribution is -2.54. The average Bonchev–Trinajstić information content (AvgIpc) is 3.45. The third kappa shape index (κ3) is 5.80. The minimum atomic E-state index is -0.859. The molecule has 3 amide bonds. The number of carbonyl (C=O) groups excluding carboxylic acids is 3. The summed E-state index contributed by atoms with van der Waals surface area (Å²) in [7, 11) is 3.58. The molecule has 1 aliphatic carbocycles. The molecule has 2 unspecified atom stereocenters. The second kappa shape index (κ2) is 10.8. The van der Waals surface area contributed by atoms with E-state index in [1.807, 2.05) is 17.0 Å². The predicted molar refractivity (Wildman–Crippen MR) is 155 cm³/mol. The van der Waals surface area contributed by atoms with Gasteiger partial charge in [-0.2, -0.15) is 0 Å². The van der Waals surface area contributed by atoms with Crippen LogP contribution in [0, 0.1) is 5.82 Å². The van der Waals surface area contributed by atoms with Crippen LogP contribution in [0.3, 0.4) is 0 Å². The number of halogens is 1. The van der Waals surface area contributed by atoms with Crippen molar-refractivity contribution in [1.82, 2.24) is 20.1 Å². The Labute approximate surface area is 240 Å². The van der Waals surface area contributed by atoms with E-state index in [0.717, 1.165) is 35.8 Å². The highest BCUT2D eigenvalue weighted by molar-refractivity contribution is 5.89. The highest BCUT2D eigenvalue weighted by Crippen LogP contribution is 2.52. The summed E-state index contributed by atoms with van der Waals surface area (Å²) < 4.78 is 19.2. The SMILES string of the molecule is CN(C)C(=O)C1CC2(CCN(C(=O)C(Cc3c[nH]c4cc(F)ccc34)NC(=O)OC(C)(C)C)CC2)c2ccccc21. The van der Waals surface area contributed by atoms with Gasteiger partial charge in [-0.25, -0.2) is 9.18 Å². The first kappa shape index (κ1) is 28.6. The van der Waals surface area contributed by atoms with Crippen LogP contribution in [0.4, 0.5) is 9.18 Å². The van der Waals surface area contributed by atoms with E-state index in [4.69, 9.17) is 4.74 Å². The Kier molecular flexibility index (Phi) is 7.57. The maximum Gasteiger partial charge on any atom is 0.408 e. The lowest BCUT2D eigenvalue weighted by molar-refractivity contribution is -0.135. The van der Waals surface area contributed by atoms with Crippen LogP contribution in [0.15, 0.2) is 48.7 Å². The summed E-state index contributed by atoms with van der Waals surface area (Å²) in [5, 5.41) is 3.60. The van der Waals surface area contributed by atoms with Crippen LogP contribution in [-0.2, 0) is 26.2 Å². The first-order valence-corrected chi connectivity index (χ1v) is 14.2. The molecule has 8 nitrogen and oxygen atoms in total. The number of hydrogen-bond acceptors (Lipinski definition) is 4. The number of likely N-dealkylation sites (tertiary alicyclic amines) is 1. The molecule has 218 valence electrons. The number of benzene rings is 2. The van der Waals surface area contributed by atoms with E-state index in [-0.39, 0.29) is 35.4 Å². The third-order valence-corrected chi connectivity index (χ3v) is 8.42. The Morgan fingerprint density at radius 1 is 1.15 bits per heavy atom. The number of nitrogens with one attached hydrogen (secondary N) is 2. The molecule has 0 radical (unpaired) electrons. The van der Waals surface area contributed by atoms with Gasteiger partial charge in [0, 0.05) is 56.1 Å². The van der Waals surface area contributed by atoms with Crippen LogP contribution in [-0.4, -0.2) is 71.5 Å². The number of amides is 3. The first-order chi connectivity index (χ1) is 19.4. The number of alkyl carbamates (subject to hydrolysis) is 1. The molecule has 2 atom stereocenters. The zero-order chi connectivity index (χ0) is 29.5. The van der Waals surface area contributed by atoms with E-state index in [1.165, 1.54) is 17.7 Å². The summed E-state index contributed by atoms with van der Waals surface area (Å²) in [6.45, 7) is 6.35. The van der Waals surface area contributed by atoms with Crippen molar-refractivity contribution in [2.45, 2.75) is 69.4 Å². The van der Waals surface area contributed by atoms with Gasteiger partial charge in [-0.1, -0.05) is 24.3 Å². The van der Waals surface area contributed by atoms with Crippen LogP contribution in [0.2, 0.25) is 0 Å². The van der Waals surface area contributed by atoms with Gasteiger partial charge in [0.1, 0.15) is 17.5 Å². The van der Waals surface area contributed by atoms with Crippen molar-refractivity contribution in [2.75, 3.05) is 27.2 Å². The van der Waals surface area contributed by atoms with Gasteiger partial charge >= 0.3 is 6.09 Å². The molecule has 1 aliphatic heterocycles. The highest BCUT2D eigenvalue weighted by atomic mass is 19.1. The van der Waals surface area contributed by atoms with Crippen molar-refractivity contribution < 1.29 is 23.5 Å². The van der Waals surface area contributed by atoms with Crippen LogP contribution in [0.25, 0.3) is 10.9 Å².